The van der Waals surface area contributed by atoms with Crippen LogP contribution in [0, 0.1) is 13.8 Å². The minimum atomic E-state index is 0.450. The van der Waals surface area contributed by atoms with E-state index in [1.54, 1.807) is 0 Å². The molecule has 0 unspecified atom stereocenters. The first-order valence-corrected chi connectivity index (χ1v) is 8.11. The summed E-state index contributed by atoms with van der Waals surface area (Å²) in [6.45, 7) is 5.40. The second-order valence-electron chi connectivity index (χ2n) is 5.70. The summed E-state index contributed by atoms with van der Waals surface area (Å²) < 4.78 is 12.7. The highest BCUT2D eigenvalue weighted by Crippen LogP contribution is 2.27. The van der Waals surface area contributed by atoms with Crippen molar-refractivity contribution in [3.05, 3.63) is 51.4 Å². The summed E-state index contributed by atoms with van der Waals surface area (Å²) in [5.41, 5.74) is 2.39. The van der Waals surface area contributed by atoms with E-state index >= 15 is 0 Å². The van der Waals surface area contributed by atoms with Gasteiger partial charge < -0.3 is 14.5 Å². The van der Waals surface area contributed by atoms with Gasteiger partial charge in [-0.05, 0) is 71.9 Å². The van der Waals surface area contributed by atoms with E-state index in [4.69, 9.17) is 9.15 Å². The zero-order chi connectivity index (χ0) is 14.8. The van der Waals surface area contributed by atoms with E-state index in [0.29, 0.717) is 12.6 Å². The molecule has 1 heterocycles. The zero-order valence-corrected chi connectivity index (χ0v) is 14.0. The van der Waals surface area contributed by atoms with Crippen LogP contribution in [0.3, 0.4) is 0 Å². The molecule has 0 bridgehead atoms. The molecule has 1 aromatic heterocycles. The fraction of sp³-hybridized carbons (Fsp3) is 0.412. The van der Waals surface area contributed by atoms with Crippen molar-refractivity contribution in [3.63, 3.8) is 0 Å². The van der Waals surface area contributed by atoms with Crippen LogP contribution in [-0.4, -0.2) is 6.04 Å². The summed E-state index contributed by atoms with van der Waals surface area (Å²) in [4.78, 5) is 0. The lowest BCUT2D eigenvalue weighted by atomic mass is 10.2. The third-order valence-electron chi connectivity index (χ3n) is 3.66. The molecular formula is C17H20BrNO2. The van der Waals surface area contributed by atoms with Crippen molar-refractivity contribution >= 4 is 15.9 Å². The summed E-state index contributed by atoms with van der Waals surface area (Å²) in [7, 11) is 0. The number of benzene rings is 1. The Morgan fingerprint density at radius 3 is 2.81 bits per heavy atom. The van der Waals surface area contributed by atoms with Gasteiger partial charge >= 0.3 is 0 Å². The molecule has 1 aromatic carbocycles. The number of furan rings is 1. The molecule has 1 aliphatic carbocycles. The van der Waals surface area contributed by atoms with E-state index in [0.717, 1.165) is 28.3 Å². The van der Waals surface area contributed by atoms with Gasteiger partial charge in [-0.15, -0.1) is 0 Å². The highest BCUT2D eigenvalue weighted by Gasteiger charge is 2.21. The van der Waals surface area contributed by atoms with E-state index in [9.17, 15) is 0 Å². The second-order valence-corrected chi connectivity index (χ2v) is 6.55. The van der Waals surface area contributed by atoms with E-state index in [1.165, 1.54) is 24.0 Å². The summed E-state index contributed by atoms with van der Waals surface area (Å²) in [6, 6.07) is 8.82. The molecule has 0 amide bonds. The van der Waals surface area contributed by atoms with Crippen molar-refractivity contribution < 1.29 is 9.15 Å². The molecule has 1 fully saturated rings. The molecule has 112 valence electrons. The van der Waals surface area contributed by atoms with E-state index in [2.05, 4.69) is 41.2 Å². The third-order valence-corrected chi connectivity index (χ3v) is 4.28. The molecule has 3 rings (SSSR count). The zero-order valence-electron chi connectivity index (χ0n) is 12.4. The third kappa shape index (κ3) is 3.89. The van der Waals surface area contributed by atoms with Crippen LogP contribution in [0.5, 0.6) is 5.75 Å². The SMILES string of the molecule is Cc1ccc(OCc2cc(C)c(CNC3CC3)o2)c(Br)c1. The van der Waals surface area contributed by atoms with Crippen LogP contribution in [0.15, 0.2) is 33.2 Å². The van der Waals surface area contributed by atoms with Gasteiger partial charge in [0.25, 0.3) is 0 Å². The normalized spacial score (nSPS) is 14.4. The molecule has 21 heavy (non-hydrogen) atoms. The van der Waals surface area contributed by atoms with Crippen LogP contribution >= 0.6 is 15.9 Å². The average molecular weight is 350 g/mol. The van der Waals surface area contributed by atoms with Gasteiger partial charge in [0.2, 0.25) is 0 Å². The summed E-state index contributed by atoms with van der Waals surface area (Å²) in [5, 5.41) is 3.47. The topological polar surface area (TPSA) is 34.4 Å². The Morgan fingerprint density at radius 2 is 2.10 bits per heavy atom. The number of ether oxygens (including phenoxy) is 1. The number of rotatable bonds is 6. The summed E-state index contributed by atoms with van der Waals surface area (Å²) >= 11 is 3.52. The minimum Gasteiger partial charge on any atom is -0.484 e. The van der Waals surface area contributed by atoms with Crippen molar-refractivity contribution in [2.24, 2.45) is 0 Å². The van der Waals surface area contributed by atoms with Crippen LogP contribution in [0.25, 0.3) is 0 Å². The molecule has 1 aliphatic rings. The Labute approximate surface area is 133 Å². The number of nitrogens with one attached hydrogen (secondary N) is 1. The number of hydrogen-bond donors (Lipinski definition) is 1. The molecule has 1 N–H and O–H groups in total. The van der Waals surface area contributed by atoms with Crippen LogP contribution in [-0.2, 0) is 13.2 Å². The Kier molecular flexibility index (Phi) is 4.36. The quantitative estimate of drug-likeness (QED) is 0.834. The van der Waals surface area contributed by atoms with Gasteiger partial charge in [0.1, 0.15) is 23.9 Å². The van der Waals surface area contributed by atoms with Crippen molar-refractivity contribution in [2.75, 3.05) is 0 Å². The molecule has 0 spiro atoms. The molecule has 4 heteroatoms. The maximum absolute atomic E-state index is 5.88. The maximum atomic E-state index is 5.88. The molecule has 0 saturated heterocycles. The van der Waals surface area contributed by atoms with Gasteiger partial charge in [-0.2, -0.15) is 0 Å². The van der Waals surface area contributed by atoms with Crippen molar-refractivity contribution in [3.8, 4) is 5.75 Å². The van der Waals surface area contributed by atoms with E-state index < -0.39 is 0 Å². The highest BCUT2D eigenvalue weighted by molar-refractivity contribution is 9.10. The van der Waals surface area contributed by atoms with Crippen molar-refractivity contribution in [2.45, 2.75) is 45.9 Å². The molecule has 0 radical (unpaired) electrons. The monoisotopic (exact) mass is 349 g/mol. The molecule has 1 saturated carbocycles. The predicted molar refractivity (Wildman–Crippen MR) is 86.5 cm³/mol. The number of hydrogen-bond acceptors (Lipinski definition) is 3. The van der Waals surface area contributed by atoms with Gasteiger partial charge in [0.15, 0.2) is 0 Å². The fourth-order valence-corrected chi connectivity index (χ4v) is 2.84. The molecule has 2 aromatic rings. The predicted octanol–water partition coefficient (Wildman–Crippen LogP) is 4.49. The van der Waals surface area contributed by atoms with Crippen LogP contribution < -0.4 is 10.1 Å². The highest BCUT2D eigenvalue weighted by atomic mass is 79.9. The first-order chi connectivity index (χ1) is 10.1. The first-order valence-electron chi connectivity index (χ1n) is 7.32. The van der Waals surface area contributed by atoms with Gasteiger partial charge in [0.05, 0.1) is 11.0 Å². The Morgan fingerprint density at radius 1 is 1.29 bits per heavy atom. The van der Waals surface area contributed by atoms with Gasteiger partial charge in [-0.3, -0.25) is 0 Å². The second kappa shape index (κ2) is 6.24. The Hall–Kier alpha value is -1.26. The lowest BCUT2D eigenvalue weighted by Gasteiger charge is -2.07. The van der Waals surface area contributed by atoms with Gasteiger partial charge in [-0.1, -0.05) is 6.07 Å². The Bertz CT molecular complexity index is 632. The first kappa shape index (κ1) is 14.7. The maximum Gasteiger partial charge on any atom is 0.146 e. The Balaban J connectivity index is 1.60. The molecule has 0 atom stereocenters. The molecular weight excluding hydrogens is 330 g/mol. The standard InChI is InChI=1S/C17H20BrNO2/c1-11-3-6-16(15(18)7-11)20-10-14-8-12(2)17(21-14)9-19-13-4-5-13/h3,6-8,13,19H,4-5,9-10H2,1-2H3. The van der Waals surface area contributed by atoms with Gasteiger partial charge in [-0.25, -0.2) is 0 Å². The fourth-order valence-electron chi connectivity index (χ4n) is 2.23. The smallest absolute Gasteiger partial charge is 0.146 e. The minimum absolute atomic E-state index is 0.450. The van der Waals surface area contributed by atoms with Crippen molar-refractivity contribution in [1.82, 2.24) is 5.32 Å². The molecule has 3 nitrogen and oxygen atoms in total. The van der Waals surface area contributed by atoms with Crippen LogP contribution in [0.2, 0.25) is 0 Å². The number of halogens is 1. The van der Waals surface area contributed by atoms with Crippen LogP contribution in [0.1, 0.15) is 35.5 Å². The van der Waals surface area contributed by atoms with E-state index in [1.807, 2.05) is 18.2 Å². The largest absolute Gasteiger partial charge is 0.484 e. The lowest BCUT2D eigenvalue weighted by molar-refractivity contribution is 0.263. The van der Waals surface area contributed by atoms with E-state index in [-0.39, 0.29) is 0 Å². The lowest BCUT2D eigenvalue weighted by Crippen LogP contribution is -2.15. The van der Waals surface area contributed by atoms with Crippen molar-refractivity contribution in [1.29, 1.82) is 0 Å². The average Bonchev–Trinajstić information content (AvgIpc) is 3.20. The summed E-state index contributed by atoms with van der Waals surface area (Å²) in [5.74, 6) is 2.73. The van der Waals surface area contributed by atoms with Crippen LogP contribution in [0.4, 0.5) is 0 Å². The summed E-state index contributed by atoms with van der Waals surface area (Å²) in [6.07, 6.45) is 2.58. The number of aryl methyl sites for hydroxylation is 2. The molecule has 0 aliphatic heterocycles. The van der Waals surface area contributed by atoms with Gasteiger partial charge in [0, 0.05) is 6.04 Å².